The molecule has 2 amide bonds. The fourth-order valence-electron chi connectivity index (χ4n) is 4.66. The number of benzene rings is 2. The van der Waals surface area contributed by atoms with Crippen molar-refractivity contribution in [1.82, 2.24) is 14.9 Å². The first-order valence-corrected chi connectivity index (χ1v) is 13.7. The number of hydrogen-bond donors (Lipinski definition) is 1. The van der Waals surface area contributed by atoms with Crippen molar-refractivity contribution in [3.05, 3.63) is 64.0 Å². The van der Waals surface area contributed by atoms with Gasteiger partial charge in [-0.3, -0.25) is 9.69 Å². The van der Waals surface area contributed by atoms with Crippen LogP contribution < -0.4 is 19.9 Å². The Bertz CT molecular complexity index is 1480. The molecular formula is C28H29Cl2FN6O4. The number of nitrogens with one attached hydrogen (secondary N) is 1. The summed E-state index contributed by atoms with van der Waals surface area (Å²) in [6.45, 7) is 8.57. The number of amides is 2. The van der Waals surface area contributed by atoms with Crippen LogP contribution in [0.1, 0.15) is 38.1 Å². The van der Waals surface area contributed by atoms with Crippen LogP contribution in [0.25, 0.3) is 0 Å². The summed E-state index contributed by atoms with van der Waals surface area (Å²) in [6, 6.07) is 9.49. The monoisotopic (exact) mass is 602 g/mol. The Morgan fingerprint density at radius 2 is 1.90 bits per heavy atom. The molecule has 1 saturated heterocycles. The Labute approximate surface area is 247 Å². The lowest BCUT2D eigenvalue weighted by Gasteiger charge is -2.41. The molecular weight excluding hydrogens is 574 g/mol. The fourth-order valence-corrected chi connectivity index (χ4v) is 5.27. The van der Waals surface area contributed by atoms with Crippen LogP contribution in [0.4, 0.5) is 32.2 Å². The third kappa shape index (κ3) is 6.11. The van der Waals surface area contributed by atoms with Crippen molar-refractivity contribution < 1.29 is 23.5 Å². The predicted molar refractivity (Wildman–Crippen MR) is 155 cm³/mol. The number of halogens is 3. The molecule has 0 radical (unpaired) electrons. The highest BCUT2D eigenvalue weighted by Crippen LogP contribution is 2.37. The number of piperazine rings is 1. The number of carbonyl (C=O) groups excluding carboxylic acids is 2. The number of nitrogens with zero attached hydrogens (tertiary/aromatic N) is 5. The van der Waals surface area contributed by atoms with E-state index in [0.29, 0.717) is 46.7 Å². The number of rotatable bonds is 4. The second-order valence-corrected chi connectivity index (χ2v) is 11.6. The molecule has 0 bridgehead atoms. The third-order valence-electron chi connectivity index (χ3n) is 6.57. The minimum Gasteiger partial charge on any atom is -0.455 e. The van der Waals surface area contributed by atoms with Crippen molar-refractivity contribution in [3.8, 4) is 5.88 Å². The first-order valence-electron chi connectivity index (χ1n) is 13.0. The van der Waals surface area contributed by atoms with Crippen molar-refractivity contribution in [3.63, 3.8) is 0 Å². The molecule has 5 rings (SSSR count). The SMILES string of the molecule is C[C@@H]1CN(c2ccc(Nc3ncc4c(n3)OCN(c3c(Cl)cccc3Cl)C4=O)cc2F)CCN1C(=O)OC(C)(C)C. The van der Waals surface area contributed by atoms with Gasteiger partial charge >= 0.3 is 6.09 Å². The molecule has 1 N–H and O–H groups in total. The van der Waals surface area contributed by atoms with Gasteiger partial charge in [0.05, 0.1) is 21.4 Å². The average molecular weight is 603 g/mol. The number of para-hydroxylation sites is 1. The molecule has 216 valence electrons. The highest BCUT2D eigenvalue weighted by atomic mass is 35.5. The zero-order valence-electron chi connectivity index (χ0n) is 23.0. The lowest BCUT2D eigenvalue weighted by atomic mass is 10.1. The molecule has 2 aromatic carbocycles. The van der Waals surface area contributed by atoms with E-state index in [1.807, 2.05) is 32.6 Å². The molecule has 0 saturated carbocycles. The second kappa shape index (κ2) is 11.2. The Kier molecular flexibility index (Phi) is 7.85. The predicted octanol–water partition coefficient (Wildman–Crippen LogP) is 6.11. The van der Waals surface area contributed by atoms with Gasteiger partial charge in [-0.2, -0.15) is 4.98 Å². The molecule has 2 aliphatic heterocycles. The van der Waals surface area contributed by atoms with Crippen LogP contribution in [0.2, 0.25) is 10.0 Å². The molecule has 0 spiro atoms. The Morgan fingerprint density at radius 1 is 1.17 bits per heavy atom. The highest BCUT2D eigenvalue weighted by molar-refractivity contribution is 6.40. The minimum absolute atomic E-state index is 0.0841. The number of fused-ring (bicyclic) bond motifs is 1. The first-order chi connectivity index (χ1) is 19.4. The molecule has 13 heteroatoms. The topological polar surface area (TPSA) is 100 Å². The van der Waals surface area contributed by atoms with E-state index in [1.54, 1.807) is 35.2 Å². The van der Waals surface area contributed by atoms with Gasteiger partial charge in [0.1, 0.15) is 17.0 Å². The summed E-state index contributed by atoms with van der Waals surface area (Å²) in [6.07, 6.45) is 0.959. The van der Waals surface area contributed by atoms with E-state index in [-0.39, 0.29) is 36.3 Å². The second-order valence-electron chi connectivity index (χ2n) is 10.7. The van der Waals surface area contributed by atoms with Crippen molar-refractivity contribution in [2.75, 3.05) is 41.5 Å². The van der Waals surface area contributed by atoms with Gasteiger partial charge in [0.15, 0.2) is 6.73 Å². The maximum absolute atomic E-state index is 15.2. The van der Waals surface area contributed by atoms with E-state index in [1.165, 1.54) is 17.2 Å². The van der Waals surface area contributed by atoms with Crippen molar-refractivity contribution >= 4 is 58.2 Å². The van der Waals surface area contributed by atoms with Crippen LogP contribution in [0.5, 0.6) is 5.88 Å². The van der Waals surface area contributed by atoms with Gasteiger partial charge < -0.3 is 24.6 Å². The Hall–Kier alpha value is -3.83. The molecule has 2 aliphatic rings. The van der Waals surface area contributed by atoms with Gasteiger partial charge in [-0.15, -0.1) is 0 Å². The van der Waals surface area contributed by atoms with E-state index in [9.17, 15) is 9.59 Å². The largest absolute Gasteiger partial charge is 0.455 e. The van der Waals surface area contributed by atoms with Crippen LogP contribution in [0.15, 0.2) is 42.6 Å². The van der Waals surface area contributed by atoms with Gasteiger partial charge in [-0.05, 0) is 58.0 Å². The van der Waals surface area contributed by atoms with Crippen LogP contribution in [-0.4, -0.2) is 64.9 Å². The van der Waals surface area contributed by atoms with Gasteiger partial charge in [0.2, 0.25) is 11.8 Å². The summed E-state index contributed by atoms with van der Waals surface area (Å²) in [7, 11) is 0. The smallest absolute Gasteiger partial charge is 0.410 e. The maximum atomic E-state index is 15.2. The minimum atomic E-state index is -0.586. The molecule has 0 aliphatic carbocycles. The summed E-state index contributed by atoms with van der Waals surface area (Å²) in [5, 5.41) is 3.57. The Morgan fingerprint density at radius 3 is 2.56 bits per heavy atom. The van der Waals surface area contributed by atoms with Gasteiger partial charge in [0.25, 0.3) is 5.91 Å². The van der Waals surface area contributed by atoms with E-state index in [0.717, 1.165) is 0 Å². The zero-order chi connectivity index (χ0) is 29.5. The van der Waals surface area contributed by atoms with E-state index >= 15 is 4.39 Å². The quantitative estimate of drug-likeness (QED) is 0.382. The van der Waals surface area contributed by atoms with Crippen LogP contribution >= 0.6 is 23.2 Å². The van der Waals surface area contributed by atoms with Crippen LogP contribution in [0, 0.1) is 5.82 Å². The summed E-state index contributed by atoms with van der Waals surface area (Å²) in [4.78, 5) is 39.0. The van der Waals surface area contributed by atoms with Crippen molar-refractivity contribution in [2.45, 2.75) is 39.3 Å². The number of carbonyl (C=O) groups is 2. The van der Waals surface area contributed by atoms with Crippen molar-refractivity contribution in [1.29, 1.82) is 0 Å². The third-order valence-corrected chi connectivity index (χ3v) is 7.18. The van der Waals surface area contributed by atoms with Gasteiger partial charge in [0, 0.05) is 37.6 Å². The molecule has 10 nitrogen and oxygen atoms in total. The molecule has 0 unspecified atom stereocenters. The van der Waals surface area contributed by atoms with Crippen molar-refractivity contribution in [2.24, 2.45) is 0 Å². The first kappa shape index (κ1) is 28.7. The summed E-state index contributed by atoms with van der Waals surface area (Å²) in [5.74, 6) is -0.637. The lowest BCUT2D eigenvalue weighted by molar-refractivity contribution is 0.0158. The normalized spacial score (nSPS) is 17.2. The zero-order valence-corrected chi connectivity index (χ0v) is 24.5. The average Bonchev–Trinajstić information content (AvgIpc) is 2.89. The van der Waals surface area contributed by atoms with Gasteiger partial charge in [-0.25, -0.2) is 14.2 Å². The number of aromatic nitrogens is 2. The maximum Gasteiger partial charge on any atom is 0.410 e. The lowest BCUT2D eigenvalue weighted by Crippen LogP contribution is -2.55. The van der Waals surface area contributed by atoms with Crippen LogP contribution in [0.3, 0.4) is 0 Å². The number of anilines is 4. The summed E-state index contributed by atoms with van der Waals surface area (Å²) in [5.41, 5.74) is 0.726. The number of ether oxygens (including phenoxy) is 2. The van der Waals surface area contributed by atoms with Gasteiger partial charge in [-0.1, -0.05) is 29.3 Å². The molecule has 1 atom stereocenters. The molecule has 1 fully saturated rings. The van der Waals surface area contributed by atoms with E-state index < -0.39 is 17.3 Å². The molecule has 41 heavy (non-hydrogen) atoms. The highest BCUT2D eigenvalue weighted by Gasteiger charge is 2.33. The summed E-state index contributed by atoms with van der Waals surface area (Å²) < 4.78 is 26.4. The van der Waals surface area contributed by atoms with Crippen LogP contribution in [-0.2, 0) is 4.74 Å². The van der Waals surface area contributed by atoms with E-state index in [2.05, 4.69) is 15.3 Å². The standard InChI is InChI=1S/C28H29Cl2FN6O4/c1-16-14-35(10-11-36(16)27(39)41-28(2,3)4)22-9-8-17(12-21(22)31)33-26-32-13-18-24(34-26)40-15-37(25(18)38)23-19(29)6-5-7-20(23)30/h5-9,12-13,16H,10-11,14-15H2,1-4H3,(H,32,33,34)/t16-/m1/s1. The Balaban J connectivity index is 1.26. The summed E-state index contributed by atoms with van der Waals surface area (Å²) >= 11 is 12.5. The fraction of sp³-hybridized carbons (Fsp3) is 0.357. The number of hydrogen-bond acceptors (Lipinski definition) is 8. The molecule has 1 aromatic heterocycles. The molecule has 3 heterocycles. The molecule has 3 aromatic rings. The van der Waals surface area contributed by atoms with E-state index in [4.69, 9.17) is 32.7 Å².